The van der Waals surface area contributed by atoms with Gasteiger partial charge in [0.05, 0.1) is 31.7 Å². The fraction of sp³-hybridized carbons (Fsp3) is 0.706. The van der Waals surface area contributed by atoms with Crippen molar-refractivity contribution >= 4 is 42.1 Å². The van der Waals surface area contributed by atoms with Gasteiger partial charge in [-0.2, -0.15) is 0 Å². The minimum Gasteiger partial charge on any atom is -0.379 e. The van der Waals surface area contributed by atoms with Crippen LogP contribution in [0.25, 0.3) is 0 Å². The van der Waals surface area contributed by atoms with Gasteiger partial charge in [-0.3, -0.25) is 19.3 Å². The minimum atomic E-state index is -0.456. The van der Waals surface area contributed by atoms with Gasteiger partial charge < -0.3 is 24.4 Å². The standard InChI is InChI=1S/C17H26N2O7S/c20-6-1-8-25-10-11-26-9-4-18-15(22)3-5-19-16(23)13-14(17(19)24)27-12-2-7-21/h6-7,14H,1-5,8-13H2,(H,18,22). The molecule has 1 aliphatic rings. The molecular formula is C17H26N2O7S. The number of ether oxygens (including phenoxy) is 2. The lowest BCUT2D eigenvalue weighted by Gasteiger charge is -2.14. The maximum absolute atomic E-state index is 12.2. The molecule has 0 aromatic heterocycles. The molecule has 3 amide bonds. The highest BCUT2D eigenvalue weighted by molar-refractivity contribution is 8.00. The van der Waals surface area contributed by atoms with Gasteiger partial charge in [-0.15, -0.1) is 11.8 Å². The van der Waals surface area contributed by atoms with Crippen molar-refractivity contribution < 1.29 is 33.4 Å². The number of rotatable bonds is 16. The molecule has 1 heterocycles. The van der Waals surface area contributed by atoms with Gasteiger partial charge in [0.15, 0.2) is 0 Å². The van der Waals surface area contributed by atoms with Crippen LogP contribution in [-0.2, 0) is 33.4 Å². The molecule has 1 unspecified atom stereocenters. The van der Waals surface area contributed by atoms with E-state index in [9.17, 15) is 24.0 Å². The zero-order valence-corrected chi connectivity index (χ0v) is 16.0. The summed E-state index contributed by atoms with van der Waals surface area (Å²) in [6.07, 6.45) is 2.42. The smallest absolute Gasteiger partial charge is 0.242 e. The number of aldehydes is 2. The number of nitrogens with one attached hydrogen (secondary N) is 1. The van der Waals surface area contributed by atoms with Gasteiger partial charge in [0.2, 0.25) is 17.7 Å². The first-order valence-corrected chi connectivity index (χ1v) is 9.90. The van der Waals surface area contributed by atoms with Crippen molar-refractivity contribution in [2.75, 3.05) is 45.3 Å². The molecule has 10 heteroatoms. The van der Waals surface area contributed by atoms with E-state index < -0.39 is 5.25 Å². The van der Waals surface area contributed by atoms with Crippen LogP contribution in [0, 0.1) is 0 Å². The number of imide groups is 1. The van der Waals surface area contributed by atoms with Gasteiger partial charge in [-0.1, -0.05) is 0 Å². The van der Waals surface area contributed by atoms with E-state index in [2.05, 4.69) is 5.32 Å². The van der Waals surface area contributed by atoms with Crippen LogP contribution in [0.5, 0.6) is 0 Å². The number of carbonyl (C=O) groups is 5. The normalized spacial score (nSPS) is 16.6. The highest BCUT2D eigenvalue weighted by Gasteiger charge is 2.38. The van der Waals surface area contributed by atoms with E-state index in [4.69, 9.17) is 9.47 Å². The Balaban J connectivity index is 2.10. The largest absolute Gasteiger partial charge is 0.379 e. The van der Waals surface area contributed by atoms with Gasteiger partial charge >= 0.3 is 0 Å². The molecule has 0 saturated carbocycles. The SMILES string of the molecule is O=CCCOCCOCCNC(=O)CCN1C(=O)CC(SCCC=O)C1=O. The third-order valence-electron chi connectivity index (χ3n) is 3.64. The molecule has 0 bridgehead atoms. The molecule has 1 saturated heterocycles. The van der Waals surface area contributed by atoms with E-state index >= 15 is 0 Å². The van der Waals surface area contributed by atoms with Crippen LogP contribution in [0.3, 0.4) is 0 Å². The minimum absolute atomic E-state index is 0.0397. The van der Waals surface area contributed by atoms with Crippen LogP contribution < -0.4 is 5.32 Å². The summed E-state index contributed by atoms with van der Waals surface area (Å²) in [5, 5.41) is 2.20. The van der Waals surface area contributed by atoms with Crippen molar-refractivity contribution in [1.29, 1.82) is 0 Å². The number of carbonyl (C=O) groups excluding carboxylic acids is 5. The van der Waals surface area contributed by atoms with Crippen molar-refractivity contribution in [2.24, 2.45) is 0 Å². The summed E-state index contributed by atoms with van der Waals surface area (Å²) in [5.41, 5.74) is 0. The second-order valence-electron chi connectivity index (χ2n) is 5.68. The van der Waals surface area contributed by atoms with Crippen LogP contribution >= 0.6 is 11.8 Å². The second kappa shape index (κ2) is 14.3. The van der Waals surface area contributed by atoms with Crippen molar-refractivity contribution in [1.82, 2.24) is 10.2 Å². The Bertz CT molecular complexity index is 516. The van der Waals surface area contributed by atoms with E-state index in [1.807, 2.05) is 0 Å². The summed E-state index contributed by atoms with van der Waals surface area (Å²) in [6.45, 7) is 1.81. The highest BCUT2D eigenvalue weighted by Crippen LogP contribution is 2.25. The molecule has 1 N–H and O–H groups in total. The summed E-state index contributed by atoms with van der Waals surface area (Å²) in [6, 6.07) is 0. The predicted molar refractivity (Wildman–Crippen MR) is 98.2 cm³/mol. The summed E-state index contributed by atoms with van der Waals surface area (Å²) in [5.74, 6) is -0.335. The first-order valence-electron chi connectivity index (χ1n) is 8.85. The molecule has 27 heavy (non-hydrogen) atoms. The predicted octanol–water partition coefficient (Wildman–Crippen LogP) is -0.435. The molecule has 0 radical (unpaired) electrons. The first-order chi connectivity index (χ1) is 13.1. The fourth-order valence-corrected chi connectivity index (χ4v) is 3.34. The maximum Gasteiger partial charge on any atom is 0.242 e. The lowest BCUT2D eigenvalue weighted by molar-refractivity contribution is -0.138. The Morgan fingerprint density at radius 2 is 1.81 bits per heavy atom. The number of nitrogens with zero attached hydrogens (tertiary/aromatic N) is 1. The van der Waals surface area contributed by atoms with Gasteiger partial charge in [0, 0.05) is 44.5 Å². The fourth-order valence-electron chi connectivity index (χ4n) is 2.29. The summed E-state index contributed by atoms with van der Waals surface area (Å²) >= 11 is 1.30. The summed E-state index contributed by atoms with van der Waals surface area (Å²) in [7, 11) is 0. The molecule has 9 nitrogen and oxygen atoms in total. The zero-order chi connectivity index (χ0) is 19.9. The molecule has 0 spiro atoms. The summed E-state index contributed by atoms with van der Waals surface area (Å²) in [4.78, 5) is 57.4. The number of hydrogen-bond acceptors (Lipinski definition) is 8. The van der Waals surface area contributed by atoms with E-state index in [1.165, 1.54) is 11.8 Å². The second-order valence-corrected chi connectivity index (χ2v) is 6.99. The molecule has 0 aliphatic carbocycles. The lowest BCUT2D eigenvalue weighted by atomic mass is 10.3. The molecule has 1 atom stereocenters. The number of thioether (sulfide) groups is 1. The van der Waals surface area contributed by atoms with Crippen LogP contribution in [-0.4, -0.2) is 85.7 Å². The molecule has 1 aliphatic heterocycles. The maximum atomic E-state index is 12.2. The van der Waals surface area contributed by atoms with Crippen LogP contribution in [0.2, 0.25) is 0 Å². The van der Waals surface area contributed by atoms with Gasteiger partial charge in [0.1, 0.15) is 12.6 Å². The van der Waals surface area contributed by atoms with Crippen LogP contribution in [0.1, 0.15) is 25.7 Å². The highest BCUT2D eigenvalue weighted by atomic mass is 32.2. The van der Waals surface area contributed by atoms with E-state index in [-0.39, 0.29) is 37.1 Å². The van der Waals surface area contributed by atoms with E-state index in [0.717, 1.165) is 17.5 Å². The third kappa shape index (κ3) is 9.64. The van der Waals surface area contributed by atoms with Crippen molar-refractivity contribution in [2.45, 2.75) is 30.9 Å². The molecule has 1 fully saturated rings. The number of hydrogen-bond donors (Lipinski definition) is 1. The van der Waals surface area contributed by atoms with Gasteiger partial charge in [-0.25, -0.2) is 0 Å². The monoisotopic (exact) mass is 402 g/mol. The van der Waals surface area contributed by atoms with Gasteiger partial charge in [0.25, 0.3) is 0 Å². The number of likely N-dealkylation sites (tertiary alicyclic amines) is 1. The first kappa shape index (κ1) is 23.3. The lowest BCUT2D eigenvalue weighted by Crippen LogP contribution is -2.36. The Hall–Kier alpha value is -1.78. The van der Waals surface area contributed by atoms with E-state index in [0.29, 0.717) is 51.6 Å². The number of amides is 3. The molecule has 0 aromatic rings. The Morgan fingerprint density at radius 3 is 2.52 bits per heavy atom. The van der Waals surface area contributed by atoms with Crippen LogP contribution in [0.15, 0.2) is 0 Å². The van der Waals surface area contributed by atoms with Crippen molar-refractivity contribution in [3.05, 3.63) is 0 Å². The van der Waals surface area contributed by atoms with Crippen molar-refractivity contribution in [3.63, 3.8) is 0 Å². The van der Waals surface area contributed by atoms with E-state index in [1.54, 1.807) is 0 Å². The molecule has 1 rings (SSSR count). The Kier molecular flexibility index (Phi) is 12.3. The Morgan fingerprint density at radius 1 is 1.11 bits per heavy atom. The van der Waals surface area contributed by atoms with Gasteiger partial charge in [-0.05, 0) is 0 Å². The topological polar surface area (TPSA) is 119 Å². The van der Waals surface area contributed by atoms with Crippen LogP contribution in [0.4, 0.5) is 0 Å². The zero-order valence-electron chi connectivity index (χ0n) is 15.2. The third-order valence-corrected chi connectivity index (χ3v) is 4.88. The molecule has 0 aromatic carbocycles. The quantitative estimate of drug-likeness (QED) is 0.210. The Labute approximate surface area is 162 Å². The van der Waals surface area contributed by atoms with Crippen molar-refractivity contribution in [3.8, 4) is 0 Å². The summed E-state index contributed by atoms with van der Waals surface area (Å²) < 4.78 is 10.4. The average Bonchev–Trinajstić information content (AvgIpc) is 2.92. The molecule has 152 valence electrons. The molecular weight excluding hydrogens is 376 g/mol. The average molecular weight is 402 g/mol.